The second kappa shape index (κ2) is 7.14. The Balaban J connectivity index is 1.62. The Hall–Kier alpha value is -1.55. The van der Waals surface area contributed by atoms with Gasteiger partial charge in [-0.15, -0.1) is 0 Å². The number of hydrogen-bond acceptors (Lipinski definition) is 2. The van der Waals surface area contributed by atoms with Crippen LogP contribution in [0.5, 0.6) is 0 Å². The van der Waals surface area contributed by atoms with Gasteiger partial charge in [-0.25, -0.2) is 0 Å². The van der Waals surface area contributed by atoms with Crippen LogP contribution in [0.15, 0.2) is 29.3 Å². The molecule has 1 aromatic rings. The van der Waals surface area contributed by atoms with E-state index in [0.29, 0.717) is 0 Å². The van der Waals surface area contributed by atoms with Crippen LogP contribution in [0.1, 0.15) is 44.7 Å². The number of aliphatic imine (C=N–C) groups is 1. The summed E-state index contributed by atoms with van der Waals surface area (Å²) in [7, 11) is 0. The first-order chi connectivity index (χ1) is 11.5. The Kier molecular flexibility index (Phi) is 5.14. The summed E-state index contributed by atoms with van der Waals surface area (Å²) in [5.41, 5.74) is 9.26. The molecule has 1 atom stereocenters. The lowest BCUT2D eigenvalue weighted by Crippen LogP contribution is -2.50. The minimum Gasteiger partial charge on any atom is -0.370 e. The molecule has 2 N–H and O–H groups in total. The van der Waals surface area contributed by atoms with Crippen molar-refractivity contribution in [2.75, 3.05) is 26.2 Å². The zero-order valence-corrected chi connectivity index (χ0v) is 15.5. The summed E-state index contributed by atoms with van der Waals surface area (Å²) in [6.45, 7) is 11.8. The molecule has 1 fully saturated rings. The van der Waals surface area contributed by atoms with Crippen molar-refractivity contribution >= 4 is 5.96 Å². The highest BCUT2D eigenvalue weighted by atomic mass is 15.3. The maximum atomic E-state index is 6.28. The van der Waals surface area contributed by atoms with Gasteiger partial charge in [-0.05, 0) is 50.2 Å². The van der Waals surface area contributed by atoms with Crippen LogP contribution in [0.25, 0.3) is 0 Å². The van der Waals surface area contributed by atoms with Crippen molar-refractivity contribution < 1.29 is 0 Å². The maximum absolute atomic E-state index is 6.28. The van der Waals surface area contributed by atoms with Crippen molar-refractivity contribution in [1.82, 2.24) is 9.80 Å². The van der Waals surface area contributed by atoms with Crippen molar-refractivity contribution in [2.24, 2.45) is 16.6 Å². The van der Waals surface area contributed by atoms with Gasteiger partial charge >= 0.3 is 0 Å². The molecule has 2 heterocycles. The molecule has 1 aromatic carbocycles. The second-order valence-electron chi connectivity index (χ2n) is 8.12. The standard InChI is InChI=1S/C20H32N4/c1-16-7-6-11-23(13-16)19(21)22-15-20(2,3)24-12-10-17-8-4-5-9-18(17)14-24/h4-5,8-9,16H,6-7,10-15H2,1-3H3,(H2,21,22). The highest BCUT2D eigenvalue weighted by Gasteiger charge is 2.30. The van der Waals surface area contributed by atoms with E-state index in [2.05, 4.69) is 54.8 Å². The van der Waals surface area contributed by atoms with Gasteiger partial charge in [-0.2, -0.15) is 0 Å². The number of nitrogens with zero attached hydrogens (tertiary/aromatic N) is 3. The Morgan fingerprint density at radius 3 is 2.75 bits per heavy atom. The molecule has 0 spiro atoms. The SMILES string of the molecule is CC1CCCN(C(N)=NCC(C)(C)N2CCc3ccccc3C2)C1. The van der Waals surface area contributed by atoms with Crippen LogP contribution in [-0.2, 0) is 13.0 Å². The van der Waals surface area contributed by atoms with Crippen molar-refractivity contribution in [3.8, 4) is 0 Å². The van der Waals surface area contributed by atoms with Crippen molar-refractivity contribution in [2.45, 2.75) is 52.1 Å². The van der Waals surface area contributed by atoms with E-state index in [1.165, 1.54) is 24.0 Å². The molecular formula is C20H32N4. The fraction of sp³-hybridized carbons (Fsp3) is 0.650. The first kappa shape index (κ1) is 17.3. The topological polar surface area (TPSA) is 44.9 Å². The number of fused-ring (bicyclic) bond motifs is 1. The monoisotopic (exact) mass is 328 g/mol. The molecule has 0 aromatic heterocycles. The second-order valence-corrected chi connectivity index (χ2v) is 8.12. The summed E-state index contributed by atoms with van der Waals surface area (Å²) in [5.74, 6) is 1.45. The van der Waals surface area contributed by atoms with Crippen molar-refractivity contribution in [1.29, 1.82) is 0 Å². The number of likely N-dealkylation sites (tertiary alicyclic amines) is 1. The van der Waals surface area contributed by atoms with Gasteiger partial charge in [0.05, 0.1) is 6.54 Å². The van der Waals surface area contributed by atoms with E-state index in [1.807, 2.05) is 0 Å². The molecule has 0 saturated carbocycles. The molecule has 2 aliphatic heterocycles. The first-order valence-electron chi connectivity index (χ1n) is 9.32. The summed E-state index contributed by atoms with van der Waals surface area (Å²) >= 11 is 0. The minimum atomic E-state index is 0.0273. The first-order valence-corrected chi connectivity index (χ1v) is 9.32. The third-order valence-corrected chi connectivity index (χ3v) is 5.60. The van der Waals surface area contributed by atoms with Crippen LogP contribution < -0.4 is 5.73 Å². The van der Waals surface area contributed by atoms with Crippen LogP contribution in [0.4, 0.5) is 0 Å². The third kappa shape index (κ3) is 3.92. The van der Waals surface area contributed by atoms with E-state index < -0.39 is 0 Å². The molecule has 0 radical (unpaired) electrons. The van der Waals surface area contributed by atoms with Gasteiger partial charge in [0.2, 0.25) is 0 Å². The number of guanidine groups is 1. The van der Waals surface area contributed by atoms with Gasteiger partial charge in [0, 0.05) is 31.7 Å². The van der Waals surface area contributed by atoms with Crippen molar-refractivity contribution in [3.63, 3.8) is 0 Å². The Morgan fingerprint density at radius 2 is 2.00 bits per heavy atom. The number of nitrogens with two attached hydrogens (primary N) is 1. The number of rotatable bonds is 3. The third-order valence-electron chi connectivity index (χ3n) is 5.60. The molecule has 24 heavy (non-hydrogen) atoms. The van der Waals surface area contributed by atoms with Gasteiger partial charge in [-0.1, -0.05) is 31.2 Å². The fourth-order valence-electron chi connectivity index (χ4n) is 3.88. The molecule has 4 heteroatoms. The number of benzene rings is 1. The van der Waals surface area contributed by atoms with Gasteiger partial charge in [-0.3, -0.25) is 9.89 Å². The van der Waals surface area contributed by atoms with Crippen LogP contribution in [0, 0.1) is 5.92 Å². The van der Waals surface area contributed by atoms with E-state index in [1.54, 1.807) is 0 Å². The lowest BCUT2D eigenvalue weighted by Gasteiger charge is -2.41. The van der Waals surface area contributed by atoms with E-state index in [9.17, 15) is 0 Å². The summed E-state index contributed by atoms with van der Waals surface area (Å²) in [5, 5.41) is 0. The molecule has 2 aliphatic rings. The zero-order chi connectivity index (χ0) is 17.2. The van der Waals surface area contributed by atoms with E-state index in [4.69, 9.17) is 10.7 Å². The molecule has 132 valence electrons. The van der Waals surface area contributed by atoms with Gasteiger partial charge < -0.3 is 10.6 Å². The summed E-state index contributed by atoms with van der Waals surface area (Å²) in [4.78, 5) is 9.57. The quantitative estimate of drug-likeness (QED) is 0.685. The highest BCUT2D eigenvalue weighted by Crippen LogP contribution is 2.25. The fourth-order valence-corrected chi connectivity index (χ4v) is 3.88. The highest BCUT2D eigenvalue weighted by molar-refractivity contribution is 5.78. The van der Waals surface area contributed by atoms with Crippen LogP contribution in [0.3, 0.4) is 0 Å². The molecule has 1 unspecified atom stereocenters. The molecule has 0 bridgehead atoms. The van der Waals surface area contributed by atoms with Crippen LogP contribution in [-0.4, -0.2) is 47.5 Å². The van der Waals surface area contributed by atoms with E-state index in [0.717, 1.165) is 51.0 Å². The van der Waals surface area contributed by atoms with E-state index in [-0.39, 0.29) is 5.54 Å². The average molecular weight is 329 g/mol. The van der Waals surface area contributed by atoms with Crippen LogP contribution >= 0.6 is 0 Å². The largest absolute Gasteiger partial charge is 0.370 e. The summed E-state index contributed by atoms with van der Waals surface area (Å²) < 4.78 is 0. The minimum absolute atomic E-state index is 0.0273. The summed E-state index contributed by atoms with van der Waals surface area (Å²) in [6, 6.07) is 8.80. The average Bonchev–Trinajstić information content (AvgIpc) is 2.59. The predicted molar refractivity (Wildman–Crippen MR) is 101 cm³/mol. The Morgan fingerprint density at radius 1 is 1.25 bits per heavy atom. The zero-order valence-electron chi connectivity index (χ0n) is 15.5. The normalized spacial score (nSPS) is 23.2. The molecular weight excluding hydrogens is 296 g/mol. The maximum Gasteiger partial charge on any atom is 0.191 e. The van der Waals surface area contributed by atoms with Crippen LogP contribution in [0.2, 0.25) is 0 Å². The van der Waals surface area contributed by atoms with Crippen molar-refractivity contribution in [3.05, 3.63) is 35.4 Å². The Bertz CT molecular complexity index is 593. The molecule has 4 nitrogen and oxygen atoms in total. The lowest BCUT2D eigenvalue weighted by molar-refractivity contribution is 0.111. The Labute approximate surface area is 146 Å². The molecule has 1 saturated heterocycles. The van der Waals surface area contributed by atoms with Gasteiger partial charge in [0.1, 0.15) is 0 Å². The lowest BCUT2D eigenvalue weighted by atomic mass is 9.94. The smallest absolute Gasteiger partial charge is 0.191 e. The predicted octanol–water partition coefficient (Wildman–Crippen LogP) is 2.87. The number of hydrogen-bond donors (Lipinski definition) is 1. The summed E-state index contributed by atoms with van der Waals surface area (Å²) in [6.07, 6.45) is 3.66. The van der Waals surface area contributed by atoms with Gasteiger partial charge in [0.25, 0.3) is 0 Å². The van der Waals surface area contributed by atoms with E-state index >= 15 is 0 Å². The van der Waals surface area contributed by atoms with Gasteiger partial charge in [0.15, 0.2) is 5.96 Å². The molecule has 0 amide bonds. The number of piperidine rings is 1. The molecule has 0 aliphatic carbocycles. The molecule has 3 rings (SSSR count).